The van der Waals surface area contributed by atoms with Gasteiger partial charge in [-0.2, -0.15) is 4.99 Å². The van der Waals surface area contributed by atoms with Gasteiger partial charge in [0.1, 0.15) is 5.75 Å². The van der Waals surface area contributed by atoms with Crippen LogP contribution in [0.25, 0.3) is 0 Å². The number of ether oxygens (including phenoxy) is 2. The molecule has 10 heteroatoms. The number of carbonyl (C=O) groups excluding carboxylic acids is 1. The lowest BCUT2D eigenvalue weighted by atomic mass is 10.0. The highest BCUT2D eigenvalue weighted by atomic mass is 16.5. The van der Waals surface area contributed by atoms with Crippen molar-refractivity contribution in [1.29, 1.82) is 0 Å². The lowest BCUT2D eigenvalue weighted by Crippen LogP contribution is -2.36. The molecule has 1 aromatic rings. The molecule has 2 saturated heterocycles. The summed E-state index contributed by atoms with van der Waals surface area (Å²) in [6.07, 6.45) is 9.56. The fraction of sp³-hybridized carbons (Fsp3) is 0.480. The summed E-state index contributed by atoms with van der Waals surface area (Å²) in [6.45, 7) is 4.77. The summed E-state index contributed by atoms with van der Waals surface area (Å²) in [5.74, 6) is 0.915. The largest absolute Gasteiger partial charge is 0.494 e. The van der Waals surface area contributed by atoms with Gasteiger partial charge in [-0.3, -0.25) is 4.79 Å². The van der Waals surface area contributed by atoms with E-state index in [-0.39, 0.29) is 23.9 Å². The first kappa shape index (κ1) is 24.6. The summed E-state index contributed by atoms with van der Waals surface area (Å²) in [5, 5.41) is 3.04. The maximum Gasteiger partial charge on any atom is 0.253 e. The Labute approximate surface area is 206 Å². The number of carbonyl (C=O) groups is 1. The zero-order chi connectivity index (χ0) is 24.6. The van der Waals surface area contributed by atoms with Crippen molar-refractivity contribution < 1.29 is 14.3 Å². The van der Waals surface area contributed by atoms with Crippen LogP contribution in [0.1, 0.15) is 25.7 Å². The Balaban J connectivity index is 1.35. The van der Waals surface area contributed by atoms with E-state index < -0.39 is 0 Å². The van der Waals surface area contributed by atoms with Gasteiger partial charge in [0.2, 0.25) is 11.9 Å². The molecule has 2 fully saturated rings. The third kappa shape index (κ3) is 6.54. The normalized spacial score (nSPS) is 21.5. The Hall–Kier alpha value is -3.53. The van der Waals surface area contributed by atoms with Gasteiger partial charge in [-0.1, -0.05) is 18.2 Å². The fourth-order valence-electron chi connectivity index (χ4n) is 4.43. The Morgan fingerprint density at radius 2 is 1.91 bits per heavy atom. The SMILES string of the molecule is COc1cc(N2CCOCC2)ccc1N/C(N)=N/C(N)=NC1C=CC(C(=O)N2CCCCC2)=CC1. The molecule has 188 valence electrons. The summed E-state index contributed by atoms with van der Waals surface area (Å²) in [5.41, 5.74) is 14.6. The number of rotatable bonds is 5. The van der Waals surface area contributed by atoms with Crippen LogP contribution in [0.2, 0.25) is 0 Å². The molecule has 1 amide bonds. The van der Waals surface area contributed by atoms with Gasteiger partial charge in [0.25, 0.3) is 5.91 Å². The van der Waals surface area contributed by atoms with Crippen LogP contribution in [0.15, 0.2) is 52.0 Å². The van der Waals surface area contributed by atoms with Gasteiger partial charge in [0.05, 0.1) is 32.1 Å². The summed E-state index contributed by atoms with van der Waals surface area (Å²) in [6, 6.07) is 5.67. The minimum atomic E-state index is -0.188. The van der Waals surface area contributed by atoms with Crippen LogP contribution in [-0.2, 0) is 9.53 Å². The highest BCUT2D eigenvalue weighted by Gasteiger charge is 2.21. The van der Waals surface area contributed by atoms with Crippen LogP contribution in [0.4, 0.5) is 11.4 Å². The molecule has 5 N–H and O–H groups in total. The van der Waals surface area contributed by atoms with Crippen molar-refractivity contribution in [2.24, 2.45) is 21.5 Å². The van der Waals surface area contributed by atoms with E-state index in [1.807, 2.05) is 41.3 Å². The summed E-state index contributed by atoms with van der Waals surface area (Å²) in [7, 11) is 1.61. The van der Waals surface area contributed by atoms with Crippen LogP contribution >= 0.6 is 0 Å². The molecule has 1 aliphatic carbocycles. The molecule has 0 bridgehead atoms. The minimum Gasteiger partial charge on any atom is -0.494 e. The third-order valence-corrected chi connectivity index (χ3v) is 6.32. The number of amides is 1. The van der Waals surface area contributed by atoms with Crippen molar-refractivity contribution in [2.75, 3.05) is 56.7 Å². The lowest BCUT2D eigenvalue weighted by Gasteiger charge is -2.29. The fourth-order valence-corrected chi connectivity index (χ4v) is 4.43. The van der Waals surface area contributed by atoms with Crippen LogP contribution in [-0.4, -0.2) is 75.3 Å². The summed E-state index contributed by atoms with van der Waals surface area (Å²) >= 11 is 0. The van der Waals surface area contributed by atoms with Crippen molar-refractivity contribution in [3.8, 4) is 5.75 Å². The number of anilines is 2. The van der Waals surface area contributed by atoms with E-state index in [0.29, 0.717) is 36.6 Å². The molecule has 35 heavy (non-hydrogen) atoms. The van der Waals surface area contributed by atoms with E-state index in [2.05, 4.69) is 20.2 Å². The van der Waals surface area contributed by atoms with E-state index in [1.165, 1.54) is 6.42 Å². The highest BCUT2D eigenvalue weighted by Crippen LogP contribution is 2.30. The standard InChI is InChI=1S/C25H35N7O3/c1-34-22-17-20(31-13-15-35-16-14-31)9-10-21(22)29-25(27)30-24(26)28-19-7-5-18(6-8-19)23(33)32-11-3-2-4-12-32/h5-7,9-10,17,19H,2-4,8,11-16H2,1H3,(H5,26,27,28,29,30). The van der Waals surface area contributed by atoms with Crippen molar-refractivity contribution in [1.82, 2.24) is 4.90 Å². The predicted octanol–water partition coefficient (Wildman–Crippen LogP) is 1.84. The molecule has 0 saturated carbocycles. The molecule has 1 aromatic carbocycles. The first-order valence-corrected chi connectivity index (χ1v) is 12.2. The number of nitrogens with one attached hydrogen (secondary N) is 1. The minimum absolute atomic E-state index is 0.0627. The summed E-state index contributed by atoms with van der Waals surface area (Å²) < 4.78 is 11.0. The number of nitrogens with zero attached hydrogens (tertiary/aromatic N) is 4. The number of nitrogens with two attached hydrogens (primary N) is 2. The number of guanidine groups is 2. The average molecular weight is 482 g/mol. The molecule has 2 heterocycles. The van der Waals surface area contributed by atoms with Gasteiger partial charge in [0, 0.05) is 43.5 Å². The van der Waals surface area contributed by atoms with Crippen molar-refractivity contribution >= 4 is 29.2 Å². The van der Waals surface area contributed by atoms with Gasteiger partial charge < -0.3 is 36.1 Å². The van der Waals surface area contributed by atoms with Crippen molar-refractivity contribution in [2.45, 2.75) is 31.7 Å². The highest BCUT2D eigenvalue weighted by molar-refractivity contribution is 6.01. The molecule has 4 rings (SSSR count). The van der Waals surface area contributed by atoms with Crippen LogP contribution in [0.3, 0.4) is 0 Å². The average Bonchev–Trinajstić information content (AvgIpc) is 2.90. The number of hydrogen-bond acceptors (Lipinski definition) is 5. The molecule has 0 radical (unpaired) electrons. The second kappa shape index (κ2) is 11.7. The van der Waals surface area contributed by atoms with Gasteiger partial charge in [0.15, 0.2) is 0 Å². The summed E-state index contributed by atoms with van der Waals surface area (Å²) in [4.78, 5) is 25.4. The maximum absolute atomic E-state index is 12.6. The van der Waals surface area contributed by atoms with Crippen LogP contribution in [0.5, 0.6) is 5.75 Å². The number of morpholine rings is 1. The number of likely N-dealkylation sites (tertiary alicyclic amines) is 1. The Morgan fingerprint density at radius 3 is 2.60 bits per heavy atom. The Kier molecular flexibility index (Phi) is 8.25. The van der Waals surface area contributed by atoms with Gasteiger partial charge in [-0.15, -0.1) is 0 Å². The van der Waals surface area contributed by atoms with Gasteiger partial charge in [-0.05, 0) is 37.8 Å². The van der Waals surface area contributed by atoms with E-state index in [1.54, 1.807) is 7.11 Å². The third-order valence-electron chi connectivity index (χ3n) is 6.32. The molecule has 0 aromatic heterocycles. The first-order chi connectivity index (χ1) is 17.0. The van der Waals surface area contributed by atoms with Crippen molar-refractivity contribution in [3.05, 3.63) is 42.0 Å². The number of methoxy groups -OCH3 is 1. The molecule has 2 aliphatic heterocycles. The molecule has 1 unspecified atom stereocenters. The van der Waals surface area contributed by atoms with E-state index in [9.17, 15) is 4.79 Å². The van der Waals surface area contributed by atoms with Gasteiger partial charge >= 0.3 is 0 Å². The maximum atomic E-state index is 12.6. The van der Waals surface area contributed by atoms with E-state index >= 15 is 0 Å². The Bertz CT molecular complexity index is 1020. The smallest absolute Gasteiger partial charge is 0.253 e. The quantitative estimate of drug-likeness (QED) is 0.432. The number of piperidine rings is 1. The Morgan fingerprint density at radius 1 is 1.14 bits per heavy atom. The molecular weight excluding hydrogens is 446 g/mol. The van der Waals surface area contributed by atoms with Crippen molar-refractivity contribution in [3.63, 3.8) is 0 Å². The molecular formula is C25H35N7O3. The predicted molar refractivity (Wildman–Crippen MR) is 139 cm³/mol. The zero-order valence-electron chi connectivity index (χ0n) is 20.3. The zero-order valence-corrected chi connectivity index (χ0v) is 20.3. The number of benzene rings is 1. The van der Waals surface area contributed by atoms with E-state index in [0.717, 1.165) is 44.7 Å². The lowest BCUT2D eigenvalue weighted by molar-refractivity contribution is -0.127. The number of hydrogen-bond donors (Lipinski definition) is 3. The first-order valence-electron chi connectivity index (χ1n) is 12.2. The second-order valence-electron chi connectivity index (χ2n) is 8.77. The molecule has 0 spiro atoms. The van der Waals surface area contributed by atoms with Crippen LogP contribution in [0, 0.1) is 0 Å². The van der Waals surface area contributed by atoms with Gasteiger partial charge in [-0.25, -0.2) is 4.99 Å². The monoisotopic (exact) mass is 481 g/mol. The molecule has 1 atom stereocenters. The van der Waals surface area contributed by atoms with Crippen LogP contribution < -0.4 is 26.4 Å². The van der Waals surface area contributed by atoms with E-state index in [4.69, 9.17) is 20.9 Å². The molecule has 3 aliphatic rings. The second-order valence-corrected chi connectivity index (χ2v) is 8.77. The molecule has 10 nitrogen and oxygen atoms in total. The number of aliphatic imine (C=N–C) groups is 2. The topological polar surface area (TPSA) is 131 Å².